The number of aromatic nitrogens is 1. The van der Waals surface area contributed by atoms with Gasteiger partial charge in [-0.1, -0.05) is 23.9 Å². The number of carboxylic acid groups (broad SMARTS) is 1. The zero-order valence-corrected chi connectivity index (χ0v) is 15.0. The van der Waals surface area contributed by atoms with E-state index in [0.29, 0.717) is 19.0 Å². The second-order valence-corrected chi connectivity index (χ2v) is 8.15. The summed E-state index contributed by atoms with van der Waals surface area (Å²) in [6.45, 7) is 3.69. The van der Waals surface area contributed by atoms with Crippen molar-refractivity contribution in [3.63, 3.8) is 0 Å². The lowest BCUT2D eigenvalue weighted by atomic mass is 10.1. The lowest BCUT2D eigenvalue weighted by molar-refractivity contribution is -0.128. The van der Waals surface area contributed by atoms with E-state index in [1.807, 2.05) is 4.90 Å². The molecular weight excluding hydrogens is 346 g/mol. The third kappa shape index (κ3) is 4.37. The normalized spacial score (nSPS) is 21.6. The van der Waals surface area contributed by atoms with Gasteiger partial charge in [-0.2, -0.15) is 0 Å². The molecule has 0 radical (unpaired) electrons. The van der Waals surface area contributed by atoms with Gasteiger partial charge < -0.3 is 10.0 Å². The maximum atomic E-state index is 12.2. The van der Waals surface area contributed by atoms with Gasteiger partial charge in [-0.25, -0.2) is 9.78 Å². The van der Waals surface area contributed by atoms with Crippen LogP contribution in [0.2, 0.25) is 0 Å². The lowest BCUT2D eigenvalue weighted by Gasteiger charge is -2.31. The minimum absolute atomic E-state index is 0.0933. The molecule has 2 aliphatic rings. The SMILES string of the molecule is O=C(O)c1csc(SCCN2C(=O)CC[C@@H]2CN2CC=CCC2)n1. The molecule has 0 aliphatic carbocycles. The van der Waals surface area contributed by atoms with Crippen LogP contribution < -0.4 is 0 Å². The number of nitrogens with zero attached hydrogens (tertiary/aromatic N) is 3. The van der Waals surface area contributed by atoms with Crippen molar-refractivity contribution in [2.24, 2.45) is 0 Å². The van der Waals surface area contributed by atoms with Crippen molar-refractivity contribution in [1.82, 2.24) is 14.8 Å². The van der Waals surface area contributed by atoms with Gasteiger partial charge in [0, 0.05) is 49.8 Å². The van der Waals surface area contributed by atoms with E-state index in [9.17, 15) is 9.59 Å². The van der Waals surface area contributed by atoms with E-state index in [2.05, 4.69) is 22.0 Å². The van der Waals surface area contributed by atoms with Gasteiger partial charge in [0.05, 0.1) is 0 Å². The number of thioether (sulfide) groups is 1. The summed E-state index contributed by atoms with van der Waals surface area (Å²) >= 11 is 2.86. The Labute approximate surface area is 149 Å². The van der Waals surface area contributed by atoms with Gasteiger partial charge in [0.25, 0.3) is 0 Å². The minimum Gasteiger partial charge on any atom is -0.476 e. The van der Waals surface area contributed by atoms with Crippen LogP contribution in [0.1, 0.15) is 29.8 Å². The van der Waals surface area contributed by atoms with Crippen molar-refractivity contribution >= 4 is 35.0 Å². The fourth-order valence-electron chi connectivity index (χ4n) is 3.10. The van der Waals surface area contributed by atoms with Crippen LogP contribution in [0, 0.1) is 0 Å². The van der Waals surface area contributed by atoms with Crippen molar-refractivity contribution in [3.8, 4) is 0 Å². The number of carbonyl (C=O) groups is 2. The number of rotatable bonds is 7. The standard InChI is InChI=1S/C16H21N3O3S2/c20-14-5-4-12(10-18-6-2-1-3-7-18)19(14)8-9-23-16-17-13(11-24-16)15(21)22/h1-2,11-12H,3-10H2,(H,21,22)/t12-/m1/s1. The van der Waals surface area contributed by atoms with Crippen LogP contribution in [0.25, 0.3) is 0 Å². The second kappa shape index (κ2) is 8.13. The fourth-order valence-corrected chi connectivity index (χ4v) is 4.91. The molecule has 3 rings (SSSR count). The third-order valence-corrected chi connectivity index (χ3v) is 6.32. The Morgan fingerprint density at radius 3 is 3.04 bits per heavy atom. The summed E-state index contributed by atoms with van der Waals surface area (Å²) in [4.78, 5) is 31.5. The van der Waals surface area contributed by atoms with Crippen LogP contribution in [0.5, 0.6) is 0 Å². The molecule has 1 aromatic heterocycles. The molecule has 0 aromatic carbocycles. The molecule has 24 heavy (non-hydrogen) atoms. The summed E-state index contributed by atoms with van der Waals surface area (Å²) in [6, 6.07) is 0.301. The molecule has 1 saturated heterocycles. The molecule has 0 spiro atoms. The predicted octanol–water partition coefficient (Wildman–Crippen LogP) is 2.19. The number of hydrogen-bond donors (Lipinski definition) is 1. The van der Waals surface area contributed by atoms with E-state index in [1.54, 1.807) is 5.38 Å². The molecule has 130 valence electrons. The van der Waals surface area contributed by atoms with Crippen LogP contribution in [0.4, 0.5) is 0 Å². The zero-order valence-electron chi connectivity index (χ0n) is 13.4. The number of aromatic carboxylic acids is 1. The molecule has 6 nitrogen and oxygen atoms in total. The van der Waals surface area contributed by atoms with Crippen LogP contribution >= 0.6 is 23.1 Å². The van der Waals surface area contributed by atoms with Crippen LogP contribution in [0.3, 0.4) is 0 Å². The maximum Gasteiger partial charge on any atom is 0.355 e. The van der Waals surface area contributed by atoms with E-state index in [0.717, 1.165) is 42.6 Å². The smallest absolute Gasteiger partial charge is 0.355 e. The highest BCUT2D eigenvalue weighted by Crippen LogP contribution is 2.25. The molecule has 1 fully saturated rings. The highest BCUT2D eigenvalue weighted by atomic mass is 32.2. The van der Waals surface area contributed by atoms with Gasteiger partial charge in [0.1, 0.15) is 0 Å². The molecule has 0 unspecified atom stereocenters. The van der Waals surface area contributed by atoms with E-state index >= 15 is 0 Å². The van der Waals surface area contributed by atoms with Gasteiger partial charge in [0.15, 0.2) is 10.0 Å². The largest absolute Gasteiger partial charge is 0.476 e. The van der Waals surface area contributed by atoms with Crippen LogP contribution in [0.15, 0.2) is 21.9 Å². The van der Waals surface area contributed by atoms with Crippen molar-refractivity contribution in [3.05, 3.63) is 23.2 Å². The Hall–Kier alpha value is -1.38. The molecule has 8 heteroatoms. The summed E-state index contributed by atoms with van der Waals surface area (Å²) < 4.78 is 0.747. The van der Waals surface area contributed by atoms with E-state index in [1.165, 1.54) is 23.1 Å². The number of carboxylic acids is 1. The van der Waals surface area contributed by atoms with Gasteiger partial charge in [-0.3, -0.25) is 9.69 Å². The zero-order chi connectivity index (χ0) is 16.9. The Kier molecular flexibility index (Phi) is 5.91. The predicted molar refractivity (Wildman–Crippen MR) is 94.7 cm³/mol. The fraction of sp³-hybridized carbons (Fsp3) is 0.562. The van der Waals surface area contributed by atoms with Crippen molar-refractivity contribution < 1.29 is 14.7 Å². The molecule has 0 bridgehead atoms. The molecule has 0 saturated carbocycles. The molecule has 1 N–H and O–H groups in total. The average Bonchev–Trinajstić information content (AvgIpc) is 3.18. The van der Waals surface area contributed by atoms with Crippen molar-refractivity contribution in [2.75, 3.05) is 31.9 Å². The van der Waals surface area contributed by atoms with Crippen molar-refractivity contribution in [1.29, 1.82) is 0 Å². The first-order chi connectivity index (χ1) is 11.6. The molecule has 1 atom stereocenters. The molecule has 3 heterocycles. The molecule has 2 aliphatic heterocycles. The number of likely N-dealkylation sites (tertiary alicyclic amines) is 1. The van der Waals surface area contributed by atoms with Gasteiger partial charge >= 0.3 is 5.97 Å². The Morgan fingerprint density at radius 1 is 1.46 bits per heavy atom. The summed E-state index contributed by atoms with van der Waals surface area (Å²) in [5, 5.41) is 10.4. The Morgan fingerprint density at radius 2 is 2.33 bits per heavy atom. The second-order valence-electron chi connectivity index (χ2n) is 5.95. The monoisotopic (exact) mass is 367 g/mol. The maximum absolute atomic E-state index is 12.2. The lowest BCUT2D eigenvalue weighted by Crippen LogP contribution is -2.43. The van der Waals surface area contributed by atoms with Crippen LogP contribution in [-0.2, 0) is 4.79 Å². The first kappa shape index (κ1) is 17.4. The summed E-state index contributed by atoms with van der Waals surface area (Å²) in [5.74, 6) is -0.0173. The van der Waals surface area contributed by atoms with Gasteiger partial charge in [-0.05, 0) is 12.8 Å². The first-order valence-corrected chi connectivity index (χ1v) is 9.98. The van der Waals surface area contributed by atoms with Crippen molar-refractivity contribution in [2.45, 2.75) is 29.6 Å². The number of hydrogen-bond acceptors (Lipinski definition) is 6. The van der Waals surface area contributed by atoms with E-state index < -0.39 is 5.97 Å². The molecular formula is C16H21N3O3S2. The third-order valence-electron chi connectivity index (χ3n) is 4.32. The number of thiazole rings is 1. The molecule has 1 amide bonds. The number of amides is 1. The van der Waals surface area contributed by atoms with Gasteiger partial charge in [0.2, 0.25) is 5.91 Å². The summed E-state index contributed by atoms with van der Waals surface area (Å²) in [7, 11) is 0. The average molecular weight is 367 g/mol. The van der Waals surface area contributed by atoms with Crippen LogP contribution in [-0.4, -0.2) is 69.7 Å². The Bertz CT molecular complexity index is 632. The first-order valence-electron chi connectivity index (χ1n) is 8.12. The highest BCUT2D eigenvalue weighted by Gasteiger charge is 2.31. The Balaban J connectivity index is 1.49. The van der Waals surface area contributed by atoms with Gasteiger partial charge in [-0.15, -0.1) is 11.3 Å². The minimum atomic E-state index is -0.997. The topological polar surface area (TPSA) is 73.7 Å². The summed E-state index contributed by atoms with van der Waals surface area (Å²) in [6.07, 6.45) is 7.07. The van der Waals surface area contributed by atoms with E-state index in [-0.39, 0.29) is 11.6 Å². The summed E-state index contributed by atoms with van der Waals surface area (Å²) in [5.41, 5.74) is 0.0933. The number of carbonyl (C=O) groups excluding carboxylic acids is 1. The molecule has 1 aromatic rings. The van der Waals surface area contributed by atoms with E-state index in [4.69, 9.17) is 5.11 Å². The quantitative estimate of drug-likeness (QED) is 0.588. The highest BCUT2D eigenvalue weighted by molar-refractivity contribution is 8.01.